The van der Waals surface area contributed by atoms with Crippen molar-refractivity contribution in [1.29, 1.82) is 0 Å². The van der Waals surface area contributed by atoms with Crippen LogP contribution in [0.5, 0.6) is 5.75 Å². The minimum absolute atomic E-state index is 0.0881. The van der Waals surface area contributed by atoms with Crippen molar-refractivity contribution in [2.75, 3.05) is 26.9 Å². The van der Waals surface area contributed by atoms with Crippen molar-refractivity contribution in [1.82, 2.24) is 5.32 Å². The number of carbonyl (C=O) groups excluding carboxylic acids is 1. The minimum Gasteiger partial charge on any atom is -0.493 e. The molecule has 1 aromatic rings. The molecule has 1 N–H and O–H groups in total. The Hall–Kier alpha value is -1.07. The average molecular weight is 316 g/mol. The van der Waals surface area contributed by atoms with Gasteiger partial charge in [-0.2, -0.15) is 0 Å². The van der Waals surface area contributed by atoms with Crippen LogP contribution in [0.1, 0.15) is 23.7 Å². The monoisotopic (exact) mass is 315 g/mol. The first-order valence-corrected chi connectivity index (χ1v) is 6.67. The van der Waals surface area contributed by atoms with E-state index in [1.54, 1.807) is 25.3 Å². The molecule has 0 heterocycles. The first-order valence-electron chi connectivity index (χ1n) is 5.88. The van der Waals surface area contributed by atoms with Crippen LogP contribution in [0, 0.1) is 0 Å². The topological polar surface area (TPSA) is 47.6 Å². The molecule has 5 heteroatoms. The van der Waals surface area contributed by atoms with Gasteiger partial charge in [0.05, 0.1) is 11.1 Å². The Morgan fingerprint density at radius 2 is 2.22 bits per heavy atom. The zero-order valence-corrected chi connectivity index (χ0v) is 12.2. The molecule has 0 bridgehead atoms. The zero-order chi connectivity index (χ0) is 13.4. The first kappa shape index (κ1) is 15.0. The van der Waals surface area contributed by atoms with Gasteiger partial charge in [0.15, 0.2) is 0 Å². The molecule has 0 unspecified atom stereocenters. The van der Waals surface area contributed by atoms with Crippen molar-refractivity contribution in [2.24, 2.45) is 0 Å². The zero-order valence-electron chi connectivity index (χ0n) is 10.7. The van der Waals surface area contributed by atoms with Gasteiger partial charge >= 0.3 is 0 Å². The smallest absolute Gasteiger partial charge is 0.251 e. The highest BCUT2D eigenvalue weighted by Crippen LogP contribution is 2.25. The lowest BCUT2D eigenvalue weighted by Crippen LogP contribution is -2.25. The molecule has 100 valence electrons. The third kappa shape index (κ3) is 4.66. The summed E-state index contributed by atoms with van der Waals surface area (Å²) in [5.74, 6) is 0.656. The van der Waals surface area contributed by atoms with Crippen molar-refractivity contribution in [3.8, 4) is 5.75 Å². The molecule has 1 amide bonds. The van der Waals surface area contributed by atoms with Crippen LogP contribution in [0.15, 0.2) is 22.7 Å². The molecule has 4 nitrogen and oxygen atoms in total. The van der Waals surface area contributed by atoms with E-state index in [1.807, 2.05) is 6.92 Å². The van der Waals surface area contributed by atoms with E-state index in [1.165, 1.54) is 0 Å². The molecule has 0 fully saturated rings. The number of amides is 1. The second-order valence-corrected chi connectivity index (χ2v) is 4.53. The number of carbonyl (C=O) groups is 1. The van der Waals surface area contributed by atoms with E-state index in [2.05, 4.69) is 21.2 Å². The molecule has 0 saturated carbocycles. The Bertz CT molecular complexity index is 396. The van der Waals surface area contributed by atoms with Crippen LogP contribution >= 0.6 is 15.9 Å². The van der Waals surface area contributed by atoms with Crippen molar-refractivity contribution in [2.45, 2.75) is 13.3 Å². The summed E-state index contributed by atoms with van der Waals surface area (Å²) in [4.78, 5) is 11.8. The van der Waals surface area contributed by atoms with Crippen LogP contribution in [0.3, 0.4) is 0 Å². The minimum atomic E-state index is -0.0881. The number of rotatable bonds is 7. The lowest BCUT2D eigenvalue weighted by molar-refractivity contribution is 0.0948. The number of benzene rings is 1. The summed E-state index contributed by atoms with van der Waals surface area (Å²) in [5.41, 5.74) is 0.614. The van der Waals surface area contributed by atoms with Gasteiger partial charge in [0, 0.05) is 25.8 Å². The fourth-order valence-electron chi connectivity index (χ4n) is 1.44. The number of ether oxygens (including phenoxy) is 2. The van der Waals surface area contributed by atoms with E-state index >= 15 is 0 Å². The van der Waals surface area contributed by atoms with Crippen molar-refractivity contribution in [3.63, 3.8) is 0 Å². The molecule has 18 heavy (non-hydrogen) atoms. The molecule has 1 rings (SSSR count). The third-order valence-corrected chi connectivity index (χ3v) is 2.92. The highest BCUT2D eigenvalue weighted by atomic mass is 79.9. The van der Waals surface area contributed by atoms with E-state index in [9.17, 15) is 4.79 Å². The van der Waals surface area contributed by atoms with Crippen molar-refractivity contribution >= 4 is 21.8 Å². The summed E-state index contributed by atoms with van der Waals surface area (Å²) in [6, 6.07) is 5.30. The Morgan fingerprint density at radius 3 is 2.83 bits per heavy atom. The number of hydrogen-bond acceptors (Lipinski definition) is 3. The maximum absolute atomic E-state index is 11.8. The Morgan fingerprint density at radius 1 is 1.44 bits per heavy atom. The molecular formula is C13H18BrNO3. The summed E-state index contributed by atoms with van der Waals surface area (Å²) >= 11 is 3.38. The van der Waals surface area contributed by atoms with E-state index in [-0.39, 0.29) is 5.91 Å². The molecule has 0 aliphatic carbocycles. The second kappa shape index (κ2) is 8.11. The van der Waals surface area contributed by atoms with E-state index in [0.717, 1.165) is 16.6 Å². The van der Waals surface area contributed by atoms with Gasteiger partial charge < -0.3 is 14.8 Å². The second-order valence-electron chi connectivity index (χ2n) is 3.68. The molecular weight excluding hydrogens is 298 g/mol. The van der Waals surface area contributed by atoms with Gasteiger partial charge in [-0.15, -0.1) is 0 Å². The normalized spacial score (nSPS) is 10.2. The van der Waals surface area contributed by atoms with E-state index in [4.69, 9.17) is 9.47 Å². The predicted octanol–water partition coefficient (Wildman–Crippen LogP) is 2.61. The summed E-state index contributed by atoms with van der Waals surface area (Å²) in [6.45, 7) is 3.77. The maximum atomic E-state index is 11.8. The fourth-order valence-corrected chi connectivity index (χ4v) is 1.93. The third-order valence-electron chi connectivity index (χ3n) is 2.30. The molecule has 0 aliphatic rings. The summed E-state index contributed by atoms with van der Waals surface area (Å²) in [5, 5.41) is 2.83. The molecule has 0 aromatic heterocycles. The van der Waals surface area contributed by atoms with Gasteiger partial charge in [-0.05, 0) is 47.5 Å². The van der Waals surface area contributed by atoms with Gasteiger partial charge in [0.25, 0.3) is 5.91 Å². The predicted molar refractivity (Wildman–Crippen MR) is 74.1 cm³/mol. The molecule has 0 spiro atoms. The Balaban J connectivity index is 2.55. The molecule has 0 atom stereocenters. The quantitative estimate of drug-likeness (QED) is 0.787. The van der Waals surface area contributed by atoms with Crippen LogP contribution in [0.4, 0.5) is 0 Å². The number of hydrogen-bond donors (Lipinski definition) is 1. The van der Waals surface area contributed by atoms with Gasteiger partial charge in [0.1, 0.15) is 5.75 Å². The highest BCUT2D eigenvalue weighted by Gasteiger charge is 2.08. The lowest BCUT2D eigenvalue weighted by Gasteiger charge is -2.08. The highest BCUT2D eigenvalue weighted by molar-refractivity contribution is 9.10. The summed E-state index contributed by atoms with van der Waals surface area (Å²) in [6.07, 6.45) is 0.806. The van der Waals surface area contributed by atoms with Crippen LogP contribution in [0.25, 0.3) is 0 Å². The molecule has 0 saturated heterocycles. The fraction of sp³-hybridized carbons (Fsp3) is 0.462. The Labute approximate surface area is 116 Å². The van der Waals surface area contributed by atoms with Crippen LogP contribution < -0.4 is 10.1 Å². The van der Waals surface area contributed by atoms with Crippen molar-refractivity contribution < 1.29 is 14.3 Å². The molecule has 1 aromatic carbocycles. The molecule has 0 aliphatic heterocycles. The summed E-state index contributed by atoms with van der Waals surface area (Å²) < 4.78 is 11.1. The van der Waals surface area contributed by atoms with Gasteiger partial charge in [-0.25, -0.2) is 0 Å². The van der Waals surface area contributed by atoms with Crippen LogP contribution in [-0.2, 0) is 4.74 Å². The SMILES string of the molecule is CCOc1ccc(C(=O)NCCCOC)cc1Br. The van der Waals surface area contributed by atoms with E-state index < -0.39 is 0 Å². The largest absolute Gasteiger partial charge is 0.493 e. The first-order chi connectivity index (χ1) is 8.69. The maximum Gasteiger partial charge on any atom is 0.251 e. The van der Waals surface area contributed by atoms with Crippen molar-refractivity contribution in [3.05, 3.63) is 28.2 Å². The number of nitrogens with one attached hydrogen (secondary N) is 1. The Kier molecular flexibility index (Phi) is 6.75. The van der Waals surface area contributed by atoms with Crippen LogP contribution in [-0.4, -0.2) is 32.8 Å². The van der Waals surface area contributed by atoms with Crippen LogP contribution in [0.2, 0.25) is 0 Å². The lowest BCUT2D eigenvalue weighted by atomic mass is 10.2. The average Bonchev–Trinajstić information content (AvgIpc) is 2.37. The van der Waals surface area contributed by atoms with Gasteiger partial charge in [-0.3, -0.25) is 4.79 Å². The van der Waals surface area contributed by atoms with Gasteiger partial charge in [-0.1, -0.05) is 0 Å². The number of methoxy groups -OCH3 is 1. The molecule has 0 radical (unpaired) electrons. The summed E-state index contributed by atoms with van der Waals surface area (Å²) in [7, 11) is 1.64. The van der Waals surface area contributed by atoms with Gasteiger partial charge in [0.2, 0.25) is 0 Å². The standard InChI is InChI=1S/C13H18BrNO3/c1-3-18-12-6-5-10(9-11(12)14)13(16)15-7-4-8-17-2/h5-6,9H,3-4,7-8H2,1-2H3,(H,15,16). The number of halogens is 1. The van der Waals surface area contributed by atoms with E-state index in [0.29, 0.717) is 25.3 Å².